The summed E-state index contributed by atoms with van der Waals surface area (Å²) in [6, 6.07) is 0. The summed E-state index contributed by atoms with van der Waals surface area (Å²) in [5.41, 5.74) is -0.670. The van der Waals surface area contributed by atoms with Gasteiger partial charge in [0, 0.05) is 13.1 Å². The third-order valence-electron chi connectivity index (χ3n) is 4.30. The van der Waals surface area contributed by atoms with E-state index in [0.717, 1.165) is 25.9 Å². The molecule has 1 saturated heterocycles. The molecule has 1 saturated carbocycles. The van der Waals surface area contributed by atoms with Gasteiger partial charge in [0.05, 0.1) is 0 Å². The lowest BCUT2D eigenvalue weighted by Gasteiger charge is -2.41. The van der Waals surface area contributed by atoms with Gasteiger partial charge in [0.2, 0.25) is 0 Å². The Hall–Kier alpha value is -0.570. The molecule has 16 heavy (non-hydrogen) atoms. The van der Waals surface area contributed by atoms with E-state index in [0.29, 0.717) is 5.41 Å². The summed E-state index contributed by atoms with van der Waals surface area (Å²) in [6.45, 7) is 4.83. The van der Waals surface area contributed by atoms with Crippen LogP contribution in [0.1, 0.15) is 52.4 Å². The fourth-order valence-electron chi connectivity index (χ4n) is 3.20. The van der Waals surface area contributed by atoms with Crippen LogP contribution < -0.4 is 0 Å². The number of hydrogen-bond donors (Lipinski definition) is 1. The van der Waals surface area contributed by atoms with Crippen LogP contribution in [0.4, 0.5) is 0 Å². The standard InChI is InChI=1S/C13H23NO2/c1-12(2,16)11(15)14-9-7-13(8-10-14)5-3-4-6-13/h16H,3-10H2,1-2H3. The number of likely N-dealkylation sites (tertiary alicyclic amines) is 1. The molecule has 0 aromatic carbocycles. The number of rotatable bonds is 1. The molecule has 0 radical (unpaired) electrons. The fourth-order valence-corrected chi connectivity index (χ4v) is 3.20. The predicted octanol–water partition coefficient (Wildman–Crippen LogP) is 1.94. The van der Waals surface area contributed by atoms with E-state index in [2.05, 4.69) is 0 Å². The second-order valence-electron chi connectivity index (χ2n) is 6.06. The van der Waals surface area contributed by atoms with Crippen LogP contribution in [-0.4, -0.2) is 34.6 Å². The number of nitrogens with zero attached hydrogens (tertiary/aromatic N) is 1. The molecular weight excluding hydrogens is 202 g/mol. The van der Waals surface area contributed by atoms with Crippen molar-refractivity contribution in [3.05, 3.63) is 0 Å². The van der Waals surface area contributed by atoms with Crippen LogP contribution in [0.3, 0.4) is 0 Å². The van der Waals surface area contributed by atoms with Crippen molar-refractivity contribution in [1.82, 2.24) is 4.90 Å². The summed E-state index contributed by atoms with van der Waals surface area (Å²) in [6.07, 6.45) is 7.68. The molecule has 3 heteroatoms. The third-order valence-corrected chi connectivity index (χ3v) is 4.30. The van der Waals surface area contributed by atoms with Gasteiger partial charge in [0.25, 0.3) is 5.91 Å². The topological polar surface area (TPSA) is 40.5 Å². The Labute approximate surface area is 97.8 Å². The smallest absolute Gasteiger partial charge is 0.253 e. The number of carbonyl (C=O) groups excluding carboxylic acids is 1. The van der Waals surface area contributed by atoms with Gasteiger partial charge < -0.3 is 10.0 Å². The highest BCUT2D eigenvalue weighted by Crippen LogP contribution is 2.46. The van der Waals surface area contributed by atoms with E-state index < -0.39 is 5.60 Å². The van der Waals surface area contributed by atoms with Crippen molar-refractivity contribution in [2.75, 3.05) is 13.1 Å². The minimum Gasteiger partial charge on any atom is -0.381 e. The number of amides is 1. The Morgan fingerprint density at radius 2 is 1.62 bits per heavy atom. The SMILES string of the molecule is CC(C)(O)C(=O)N1CCC2(CCCC2)CC1. The van der Waals surface area contributed by atoms with Gasteiger partial charge in [-0.2, -0.15) is 0 Å². The maximum atomic E-state index is 11.9. The molecule has 1 aliphatic carbocycles. The summed E-state index contributed by atoms with van der Waals surface area (Å²) in [5, 5.41) is 9.70. The van der Waals surface area contributed by atoms with E-state index in [-0.39, 0.29) is 5.91 Å². The summed E-state index contributed by atoms with van der Waals surface area (Å²) >= 11 is 0. The molecule has 92 valence electrons. The van der Waals surface area contributed by atoms with Gasteiger partial charge in [0.15, 0.2) is 0 Å². The van der Waals surface area contributed by atoms with E-state index in [1.165, 1.54) is 25.7 Å². The first-order chi connectivity index (χ1) is 7.43. The first-order valence-corrected chi connectivity index (χ1v) is 6.45. The first-order valence-electron chi connectivity index (χ1n) is 6.45. The molecule has 0 bridgehead atoms. The molecule has 1 heterocycles. The average molecular weight is 225 g/mol. The summed E-state index contributed by atoms with van der Waals surface area (Å²) in [7, 11) is 0. The van der Waals surface area contributed by atoms with Gasteiger partial charge >= 0.3 is 0 Å². The van der Waals surface area contributed by atoms with Crippen LogP contribution in [0.2, 0.25) is 0 Å². The molecule has 1 N–H and O–H groups in total. The minimum atomic E-state index is -1.21. The molecular formula is C13H23NO2. The largest absolute Gasteiger partial charge is 0.381 e. The lowest BCUT2D eigenvalue weighted by atomic mass is 9.77. The van der Waals surface area contributed by atoms with Crippen molar-refractivity contribution in [3.8, 4) is 0 Å². The lowest BCUT2D eigenvalue weighted by Crippen LogP contribution is -2.50. The molecule has 0 atom stereocenters. The number of hydrogen-bond acceptors (Lipinski definition) is 2. The van der Waals surface area contributed by atoms with Gasteiger partial charge in [-0.3, -0.25) is 4.79 Å². The van der Waals surface area contributed by atoms with E-state index in [4.69, 9.17) is 0 Å². The maximum Gasteiger partial charge on any atom is 0.253 e. The molecule has 2 aliphatic rings. The Balaban J connectivity index is 1.92. The number of aliphatic hydroxyl groups is 1. The Morgan fingerprint density at radius 3 is 2.06 bits per heavy atom. The van der Waals surface area contributed by atoms with Crippen molar-refractivity contribution in [2.24, 2.45) is 5.41 Å². The van der Waals surface area contributed by atoms with Crippen molar-refractivity contribution >= 4 is 5.91 Å². The zero-order valence-electron chi connectivity index (χ0n) is 10.5. The van der Waals surface area contributed by atoms with Crippen LogP contribution >= 0.6 is 0 Å². The molecule has 0 unspecified atom stereocenters. The van der Waals surface area contributed by atoms with Crippen LogP contribution in [0.15, 0.2) is 0 Å². The third kappa shape index (κ3) is 2.24. The van der Waals surface area contributed by atoms with Gasteiger partial charge in [-0.1, -0.05) is 12.8 Å². The maximum absolute atomic E-state index is 11.9. The van der Waals surface area contributed by atoms with Crippen LogP contribution in [-0.2, 0) is 4.79 Å². The van der Waals surface area contributed by atoms with Crippen LogP contribution in [0.5, 0.6) is 0 Å². The highest BCUT2D eigenvalue weighted by molar-refractivity contribution is 5.84. The molecule has 2 rings (SSSR count). The van der Waals surface area contributed by atoms with Gasteiger partial charge in [-0.25, -0.2) is 0 Å². The second-order valence-corrected chi connectivity index (χ2v) is 6.06. The van der Waals surface area contributed by atoms with E-state index in [1.54, 1.807) is 13.8 Å². The molecule has 1 amide bonds. The Kier molecular flexibility index (Phi) is 2.99. The normalized spacial score (nSPS) is 25.1. The van der Waals surface area contributed by atoms with Crippen LogP contribution in [0, 0.1) is 5.41 Å². The van der Waals surface area contributed by atoms with Crippen molar-refractivity contribution in [1.29, 1.82) is 0 Å². The van der Waals surface area contributed by atoms with Gasteiger partial charge in [-0.15, -0.1) is 0 Å². The summed E-state index contributed by atoms with van der Waals surface area (Å²) in [4.78, 5) is 13.7. The lowest BCUT2D eigenvalue weighted by molar-refractivity contribution is -0.150. The molecule has 1 spiro atoms. The zero-order valence-corrected chi connectivity index (χ0v) is 10.5. The van der Waals surface area contributed by atoms with Crippen LogP contribution in [0.25, 0.3) is 0 Å². The highest BCUT2D eigenvalue weighted by atomic mass is 16.3. The fraction of sp³-hybridized carbons (Fsp3) is 0.923. The molecule has 3 nitrogen and oxygen atoms in total. The van der Waals surface area contributed by atoms with E-state index in [9.17, 15) is 9.90 Å². The molecule has 2 fully saturated rings. The van der Waals surface area contributed by atoms with E-state index in [1.807, 2.05) is 4.90 Å². The first kappa shape index (κ1) is 11.9. The number of carbonyl (C=O) groups is 1. The van der Waals surface area contributed by atoms with Crippen molar-refractivity contribution in [2.45, 2.75) is 58.0 Å². The Bertz CT molecular complexity index is 264. The minimum absolute atomic E-state index is 0.111. The monoisotopic (exact) mass is 225 g/mol. The zero-order chi connectivity index (χ0) is 11.8. The van der Waals surface area contributed by atoms with Crippen molar-refractivity contribution in [3.63, 3.8) is 0 Å². The highest BCUT2D eigenvalue weighted by Gasteiger charge is 2.40. The summed E-state index contributed by atoms with van der Waals surface area (Å²) in [5.74, 6) is -0.111. The molecule has 0 aromatic rings. The predicted molar refractivity (Wildman–Crippen MR) is 63.0 cm³/mol. The number of piperidine rings is 1. The van der Waals surface area contributed by atoms with E-state index >= 15 is 0 Å². The Morgan fingerprint density at radius 1 is 1.12 bits per heavy atom. The summed E-state index contributed by atoms with van der Waals surface area (Å²) < 4.78 is 0. The van der Waals surface area contributed by atoms with Gasteiger partial charge in [-0.05, 0) is 44.9 Å². The van der Waals surface area contributed by atoms with Gasteiger partial charge in [0.1, 0.15) is 5.60 Å². The second kappa shape index (κ2) is 4.02. The molecule has 0 aromatic heterocycles. The quantitative estimate of drug-likeness (QED) is 0.741. The average Bonchev–Trinajstić information content (AvgIpc) is 2.66. The van der Waals surface area contributed by atoms with Crippen molar-refractivity contribution < 1.29 is 9.90 Å². The molecule has 1 aliphatic heterocycles.